The van der Waals surface area contributed by atoms with Crippen LogP contribution in [0.4, 0.5) is 0 Å². The zero-order valence-corrected chi connectivity index (χ0v) is 16.9. The number of Topliss-reactive ketones (excluding diaryl/α,β-unsaturated/α-hetero) is 2. The van der Waals surface area contributed by atoms with Gasteiger partial charge in [-0.3, -0.25) is 14.4 Å². The zero-order valence-electron chi connectivity index (χ0n) is 16.9. The molecule has 1 heterocycles. The number of rotatable bonds is 1. The van der Waals surface area contributed by atoms with Crippen LogP contribution in [-0.2, 0) is 23.9 Å². The lowest BCUT2D eigenvalue weighted by Gasteiger charge is -2.66. The molecule has 154 valence electrons. The van der Waals surface area contributed by atoms with E-state index in [0.717, 1.165) is 0 Å². The van der Waals surface area contributed by atoms with Gasteiger partial charge in [0.15, 0.2) is 11.5 Å². The van der Waals surface area contributed by atoms with E-state index < -0.39 is 52.7 Å². The third-order valence-electron chi connectivity index (χ3n) is 8.20. The number of ether oxygens (including phenoxy) is 2. The summed E-state index contributed by atoms with van der Waals surface area (Å²) >= 11 is 0. The number of esters is 1. The van der Waals surface area contributed by atoms with Crippen LogP contribution >= 0.6 is 0 Å². The highest BCUT2D eigenvalue weighted by Gasteiger charge is 2.75. The monoisotopic (exact) mass is 392 g/mol. The molecule has 0 spiro atoms. The van der Waals surface area contributed by atoms with Crippen LogP contribution in [0.1, 0.15) is 40.5 Å². The van der Waals surface area contributed by atoms with Crippen molar-refractivity contribution < 1.29 is 34.1 Å². The van der Waals surface area contributed by atoms with Crippen molar-refractivity contribution in [2.45, 2.75) is 58.8 Å². The fraction of sp³-hybridized carbons (Fsp3) is 0.762. The molecular formula is C21H28O7. The lowest BCUT2D eigenvalue weighted by molar-refractivity contribution is -0.256. The second kappa shape index (κ2) is 5.89. The molecule has 4 aliphatic rings. The number of hydrogen-bond donors (Lipinski definition) is 2. The molecule has 1 aliphatic heterocycles. The Bertz CT molecular complexity index is 801. The first-order valence-corrected chi connectivity index (χ1v) is 9.90. The number of fused-ring (bicyclic) bond motifs is 2. The first-order chi connectivity index (χ1) is 13.0. The van der Waals surface area contributed by atoms with Gasteiger partial charge in [-0.15, -0.1) is 0 Å². The standard InChI is InChI=1S/C21H28O7/c1-8-6-11(22)18(26)21(4)13(8)14(24)19-20(3)10(7-12(23)28-19)9(2)16(27-5)15(25)17(20)21/h8,10-11,13-14,17,19,22,24H,6-7H2,1-5H3/t8-,10-,11-,13-,14-,17+,19-,20+,21-/m1/s1. The van der Waals surface area contributed by atoms with E-state index in [1.54, 1.807) is 13.8 Å². The normalized spacial score (nSPS) is 50.7. The molecule has 0 aromatic carbocycles. The van der Waals surface area contributed by atoms with Gasteiger partial charge >= 0.3 is 5.97 Å². The molecule has 3 aliphatic carbocycles. The summed E-state index contributed by atoms with van der Waals surface area (Å²) in [5.74, 6) is -3.02. The van der Waals surface area contributed by atoms with Crippen molar-refractivity contribution in [3.63, 3.8) is 0 Å². The van der Waals surface area contributed by atoms with E-state index in [1.165, 1.54) is 7.11 Å². The fourth-order valence-electron chi connectivity index (χ4n) is 7.20. The Hall–Kier alpha value is -1.73. The molecule has 3 fully saturated rings. The van der Waals surface area contributed by atoms with Crippen molar-refractivity contribution in [2.75, 3.05) is 7.11 Å². The third kappa shape index (κ3) is 2.04. The number of hydrogen-bond acceptors (Lipinski definition) is 7. The number of ketones is 2. The van der Waals surface area contributed by atoms with Crippen LogP contribution in [0.2, 0.25) is 0 Å². The topological polar surface area (TPSA) is 110 Å². The SMILES string of the molecule is COC1=C(C)[C@H]2CC(=O)O[C@@H]3[C@H](O)[C@H]4[C@H](C)C[C@@H](O)C(=O)[C@@]4(C)[C@@H](C1=O)[C@]23C. The molecule has 4 rings (SSSR count). The molecule has 0 radical (unpaired) electrons. The Balaban J connectivity index is 2.02. The molecule has 0 amide bonds. The molecule has 0 aromatic heterocycles. The van der Waals surface area contributed by atoms with Crippen LogP contribution in [0.3, 0.4) is 0 Å². The van der Waals surface area contributed by atoms with E-state index in [2.05, 4.69) is 0 Å². The van der Waals surface area contributed by atoms with Gasteiger partial charge in [0.05, 0.1) is 19.6 Å². The van der Waals surface area contributed by atoms with Crippen LogP contribution in [0.25, 0.3) is 0 Å². The summed E-state index contributed by atoms with van der Waals surface area (Å²) in [7, 11) is 1.41. The van der Waals surface area contributed by atoms with Crippen LogP contribution in [-0.4, -0.2) is 53.2 Å². The molecular weight excluding hydrogens is 364 g/mol. The average molecular weight is 392 g/mol. The van der Waals surface area contributed by atoms with E-state index >= 15 is 0 Å². The van der Waals surface area contributed by atoms with Crippen molar-refractivity contribution in [3.05, 3.63) is 11.3 Å². The summed E-state index contributed by atoms with van der Waals surface area (Å²) in [4.78, 5) is 39.3. The predicted molar refractivity (Wildman–Crippen MR) is 96.7 cm³/mol. The summed E-state index contributed by atoms with van der Waals surface area (Å²) in [6.07, 6.45) is -2.88. The van der Waals surface area contributed by atoms with Gasteiger partial charge in [0.2, 0.25) is 5.78 Å². The number of allylic oxidation sites excluding steroid dienone is 2. The largest absolute Gasteiger partial charge is 0.493 e. The third-order valence-corrected chi connectivity index (χ3v) is 8.20. The van der Waals surface area contributed by atoms with E-state index in [0.29, 0.717) is 5.57 Å². The van der Waals surface area contributed by atoms with Gasteiger partial charge in [0.1, 0.15) is 12.2 Å². The number of aliphatic hydroxyl groups is 2. The fourth-order valence-corrected chi connectivity index (χ4v) is 7.20. The lowest BCUT2D eigenvalue weighted by Crippen LogP contribution is -2.75. The van der Waals surface area contributed by atoms with Gasteiger partial charge < -0.3 is 19.7 Å². The van der Waals surface area contributed by atoms with E-state index in [9.17, 15) is 24.6 Å². The highest BCUT2D eigenvalue weighted by Crippen LogP contribution is 2.67. The minimum atomic E-state index is -1.27. The lowest BCUT2D eigenvalue weighted by atomic mass is 9.38. The quantitative estimate of drug-likeness (QED) is 0.641. The van der Waals surface area contributed by atoms with Crippen molar-refractivity contribution in [3.8, 4) is 0 Å². The van der Waals surface area contributed by atoms with Crippen LogP contribution in [0.15, 0.2) is 11.3 Å². The summed E-state index contributed by atoms with van der Waals surface area (Å²) in [6, 6.07) is 0. The first kappa shape index (κ1) is 19.6. The molecule has 28 heavy (non-hydrogen) atoms. The molecule has 0 unspecified atom stereocenters. The van der Waals surface area contributed by atoms with Crippen molar-refractivity contribution in [1.29, 1.82) is 0 Å². The molecule has 2 N–H and O–H groups in total. The Morgan fingerprint density at radius 2 is 1.82 bits per heavy atom. The van der Waals surface area contributed by atoms with Gasteiger partial charge in [-0.25, -0.2) is 0 Å². The van der Waals surface area contributed by atoms with Gasteiger partial charge in [-0.05, 0) is 24.8 Å². The molecule has 7 nitrogen and oxygen atoms in total. The summed E-state index contributed by atoms with van der Waals surface area (Å²) in [5.41, 5.74) is -1.57. The van der Waals surface area contributed by atoms with Gasteiger partial charge in [-0.2, -0.15) is 0 Å². The predicted octanol–water partition coefficient (Wildman–Crippen LogP) is 1.01. The number of methoxy groups -OCH3 is 1. The number of carbonyl (C=O) groups excluding carboxylic acids is 3. The Labute approximate surface area is 164 Å². The van der Waals surface area contributed by atoms with Crippen molar-refractivity contribution in [1.82, 2.24) is 0 Å². The molecule has 7 heteroatoms. The second-order valence-corrected chi connectivity index (χ2v) is 9.44. The van der Waals surface area contributed by atoms with Crippen molar-refractivity contribution >= 4 is 17.5 Å². The van der Waals surface area contributed by atoms with Crippen LogP contribution in [0, 0.1) is 34.5 Å². The van der Waals surface area contributed by atoms with Gasteiger partial charge in [0.25, 0.3) is 0 Å². The first-order valence-electron chi connectivity index (χ1n) is 9.90. The zero-order chi connectivity index (χ0) is 20.8. The molecule has 0 aromatic rings. The van der Waals surface area contributed by atoms with E-state index in [4.69, 9.17) is 9.47 Å². The summed E-state index contributed by atoms with van der Waals surface area (Å²) in [6.45, 7) is 7.14. The maximum atomic E-state index is 13.6. The highest BCUT2D eigenvalue weighted by molar-refractivity contribution is 6.04. The summed E-state index contributed by atoms with van der Waals surface area (Å²) in [5, 5.41) is 21.8. The van der Waals surface area contributed by atoms with Gasteiger partial charge in [0, 0.05) is 28.6 Å². The Morgan fingerprint density at radius 1 is 1.18 bits per heavy atom. The molecule has 9 atom stereocenters. The Morgan fingerprint density at radius 3 is 2.43 bits per heavy atom. The van der Waals surface area contributed by atoms with Crippen LogP contribution in [0.5, 0.6) is 0 Å². The van der Waals surface area contributed by atoms with E-state index in [-0.39, 0.29) is 36.2 Å². The average Bonchev–Trinajstić information content (AvgIpc) is 2.60. The second-order valence-electron chi connectivity index (χ2n) is 9.44. The summed E-state index contributed by atoms with van der Waals surface area (Å²) < 4.78 is 11.1. The maximum Gasteiger partial charge on any atom is 0.306 e. The highest BCUT2D eigenvalue weighted by atomic mass is 16.6. The molecule has 2 saturated carbocycles. The maximum absolute atomic E-state index is 13.6. The van der Waals surface area contributed by atoms with Gasteiger partial charge in [-0.1, -0.05) is 20.8 Å². The minimum Gasteiger partial charge on any atom is -0.493 e. The Kier molecular flexibility index (Phi) is 4.12. The smallest absolute Gasteiger partial charge is 0.306 e. The van der Waals surface area contributed by atoms with Crippen LogP contribution < -0.4 is 0 Å². The van der Waals surface area contributed by atoms with E-state index in [1.807, 2.05) is 13.8 Å². The number of aliphatic hydroxyl groups excluding tert-OH is 2. The minimum absolute atomic E-state index is 0.0647. The number of carbonyl (C=O) groups is 3. The van der Waals surface area contributed by atoms with Crippen molar-refractivity contribution in [2.24, 2.45) is 34.5 Å². The molecule has 0 bridgehead atoms. The molecule has 1 saturated heterocycles.